The molecule has 0 unspecified atom stereocenters. The first-order valence-electron chi connectivity index (χ1n) is 7.83. The monoisotopic (exact) mass is 374 g/mol. The number of aryl methyl sites for hydroxylation is 2. The van der Waals surface area contributed by atoms with E-state index < -0.39 is 9.84 Å². The van der Waals surface area contributed by atoms with Crippen LogP contribution in [0.25, 0.3) is 0 Å². The van der Waals surface area contributed by atoms with E-state index in [9.17, 15) is 8.42 Å². The highest BCUT2D eigenvalue weighted by Gasteiger charge is 2.16. The highest BCUT2D eigenvalue weighted by Crippen LogP contribution is 2.20. The van der Waals surface area contributed by atoms with Crippen LogP contribution >= 0.6 is 15.9 Å². The van der Waals surface area contributed by atoms with Crippen molar-refractivity contribution < 1.29 is 8.42 Å². The molecule has 0 radical (unpaired) electrons. The fourth-order valence-corrected chi connectivity index (χ4v) is 4.55. The molecule has 0 amide bonds. The van der Waals surface area contributed by atoms with E-state index in [1.54, 1.807) is 6.07 Å². The topological polar surface area (TPSA) is 34.1 Å². The standard InChI is InChI=1S/C17H27BrO2S/c1-15-10-11-16(2)17(14-15)21(19,20)13-9-7-5-3-4-6-8-12-18/h10-11,14H,3-9,12-13H2,1-2H3. The second-order valence-corrected chi connectivity index (χ2v) is 8.62. The summed E-state index contributed by atoms with van der Waals surface area (Å²) >= 11 is 3.43. The van der Waals surface area contributed by atoms with Crippen molar-refractivity contribution in [1.82, 2.24) is 0 Å². The Hall–Kier alpha value is -0.350. The van der Waals surface area contributed by atoms with Gasteiger partial charge in [-0.1, -0.05) is 60.2 Å². The van der Waals surface area contributed by atoms with Gasteiger partial charge < -0.3 is 0 Å². The minimum atomic E-state index is -3.12. The SMILES string of the molecule is Cc1ccc(C)c(S(=O)(=O)CCCCCCCCCBr)c1. The highest BCUT2D eigenvalue weighted by atomic mass is 79.9. The van der Waals surface area contributed by atoms with Gasteiger partial charge in [-0.25, -0.2) is 8.42 Å². The number of alkyl halides is 1. The smallest absolute Gasteiger partial charge is 0.178 e. The first-order valence-corrected chi connectivity index (χ1v) is 10.6. The number of sulfone groups is 1. The van der Waals surface area contributed by atoms with Crippen molar-refractivity contribution in [2.24, 2.45) is 0 Å². The van der Waals surface area contributed by atoms with Crippen LogP contribution in [-0.4, -0.2) is 19.5 Å². The van der Waals surface area contributed by atoms with Crippen LogP contribution in [0.15, 0.2) is 23.1 Å². The fraction of sp³-hybridized carbons (Fsp3) is 0.647. The number of benzene rings is 1. The molecule has 0 saturated heterocycles. The third-order valence-electron chi connectivity index (χ3n) is 3.73. The molecule has 0 aliphatic heterocycles. The maximum Gasteiger partial charge on any atom is 0.178 e. The van der Waals surface area contributed by atoms with Crippen molar-refractivity contribution >= 4 is 25.8 Å². The molecule has 2 nitrogen and oxygen atoms in total. The van der Waals surface area contributed by atoms with Crippen LogP contribution < -0.4 is 0 Å². The summed E-state index contributed by atoms with van der Waals surface area (Å²) in [5.41, 5.74) is 1.86. The largest absolute Gasteiger partial charge is 0.224 e. The molecular weight excluding hydrogens is 348 g/mol. The molecular formula is C17H27BrO2S. The summed E-state index contributed by atoms with van der Waals surface area (Å²) in [5.74, 6) is 0.276. The third kappa shape index (κ3) is 6.96. The van der Waals surface area contributed by atoms with Crippen LogP contribution in [0.4, 0.5) is 0 Å². The Kier molecular flexibility index (Phi) is 8.57. The van der Waals surface area contributed by atoms with Gasteiger partial charge in [0.25, 0.3) is 0 Å². The molecule has 0 fully saturated rings. The van der Waals surface area contributed by atoms with Gasteiger partial charge in [0.2, 0.25) is 0 Å². The maximum atomic E-state index is 12.4. The Morgan fingerprint density at radius 1 is 0.905 bits per heavy atom. The van der Waals surface area contributed by atoms with Crippen molar-refractivity contribution in [3.05, 3.63) is 29.3 Å². The normalized spacial score (nSPS) is 11.8. The Bertz CT molecular complexity index is 524. The molecule has 1 aromatic rings. The molecule has 0 N–H and O–H groups in total. The lowest BCUT2D eigenvalue weighted by molar-refractivity contribution is 0.579. The zero-order chi connectivity index (χ0) is 15.7. The molecule has 0 aliphatic rings. The van der Waals surface area contributed by atoms with Gasteiger partial charge in [0.05, 0.1) is 10.6 Å². The lowest BCUT2D eigenvalue weighted by Gasteiger charge is -2.08. The van der Waals surface area contributed by atoms with Gasteiger partial charge in [0.15, 0.2) is 9.84 Å². The van der Waals surface area contributed by atoms with Gasteiger partial charge in [-0.15, -0.1) is 0 Å². The van der Waals surface area contributed by atoms with E-state index in [1.165, 1.54) is 25.7 Å². The Labute approximate surface area is 138 Å². The third-order valence-corrected chi connectivity index (χ3v) is 6.22. The molecule has 21 heavy (non-hydrogen) atoms. The average molecular weight is 375 g/mol. The van der Waals surface area contributed by atoms with E-state index in [4.69, 9.17) is 0 Å². The minimum absolute atomic E-state index is 0.276. The summed E-state index contributed by atoms with van der Waals surface area (Å²) in [6.07, 6.45) is 7.91. The zero-order valence-electron chi connectivity index (χ0n) is 13.2. The molecule has 1 rings (SSSR count). The molecule has 0 saturated carbocycles. The fourth-order valence-electron chi connectivity index (χ4n) is 2.42. The molecule has 120 valence electrons. The number of rotatable bonds is 10. The van der Waals surface area contributed by atoms with Gasteiger partial charge in [-0.3, -0.25) is 0 Å². The maximum absolute atomic E-state index is 12.4. The Morgan fingerprint density at radius 2 is 1.48 bits per heavy atom. The van der Waals surface area contributed by atoms with Crippen molar-refractivity contribution in [1.29, 1.82) is 0 Å². The molecule has 0 aliphatic carbocycles. The van der Waals surface area contributed by atoms with E-state index >= 15 is 0 Å². The molecule has 0 spiro atoms. The average Bonchev–Trinajstić information content (AvgIpc) is 2.44. The van der Waals surface area contributed by atoms with Crippen LogP contribution in [0.3, 0.4) is 0 Å². The van der Waals surface area contributed by atoms with E-state index in [-0.39, 0.29) is 5.75 Å². The van der Waals surface area contributed by atoms with Crippen molar-refractivity contribution in [3.8, 4) is 0 Å². The predicted octanol–water partition coefficient (Wildman–Crippen LogP) is 5.20. The Balaban J connectivity index is 2.35. The van der Waals surface area contributed by atoms with Gasteiger partial charge >= 0.3 is 0 Å². The lowest BCUT2D eigenvalue weighted by atomic mass is 10.1. The zero-order valence-corrected chi connectivity index (χ0v) is 15.6. The van der Waals surface area contributed by atoms with Crippen molar-refractivity contribution in [2.75, 3.05) is 11.1 Å². The first kappa shape index (κ1) is 18.7. The summed E-state index contributed by atoms with van der Waals surface area (Å²) in [6.45, 7) is 3.81. The highest BCUT2D eigenvalue weighted by molar-refractivity contribution is 9.09. The summed E-state index contributed by atoms with van der Waals surface area (Å²) in [6, 6.07) is 5.65. The van der Waals surface area contributed by atoms with Gasteiger partial charge in [0.1, 0.15) is 0 Å². The summed E-state index contributed by atoms with van der Waals surface area (Å²) in [7, 11) is -3.12. The van der Waals surface area contributed by atoms with Gasteiger partial charge in [-0.2, -0.15) is 0 Å². The van der Waals surface area contributed by atoms with Gasteiger partial charge in [-0.05, 0) is 43.9 Å². The number of hydrogen-bond acceptors (Lipinski definition) is 2. The van der Waals surface area contributed by atoms with Crippen LogP contribution in [0.5, 0.6) is 0 Å². The predicted molar refractivity (Wildman–Crippen MR) is 94.1 cm³/mol. The van der Waals surface area contributed by atoms with Crippen LogP contribution in [0, 0.1) is 13.8 Å². The van der Waals surface area contributed by atoms with E-state index in [0.29, 0.717) is 4.90 Å². The first-order chi connectivity index (χ1) is 9.97. The van der Waals surface area contributed by atoms with Crippen molar-refractivity contribution in [3.63, 3.8) is 0 Å². The Morgan fingerprint density at radius 3 is 2.10 bits per heavy atom. The molecule has 4 heteroatoms. The van der Waals surface area contributed by atoms with E-state index in [1.807, 2.05) is 26.0 Å². The summed E-state index contributed by atoms with van der Waals surface area (Å²) < 4.78 is 24.7. The van der Waals surface area contributed by atoms with Crippen LogP contribution in [0.1, 0.15) is 56.1 Å². The number of unbranched alkanes of at least 4 members (excludes halogenated alkanes) is 6. The number of halogens is 1. The second kappa shape index (κ2) is 9.62. The molecule has 1 aromatic carbocycles. The summed E-state index contributed by atoms with van der Waals surface area (Å²) in [4.78, 5) is 0.514. The van der Waals surface area contributed by atoms with Crippen molar-refractivity contribution in [2.45, 2.75) is 63.7 Å². The van der Waals surface area contributed by atoms with E-state index in [0.717, 1.165) is 35.7 Å². The van der Waals surface area contributed by atoms with Gasteiger partial charge in [0, 0.05) is 5.33 Å². The van der Waals surface area contributed by atoms with E-state index in [2.05, 4.69) is 15.9 Å². The lowest BCUT2D eigenvalue weighted by Crippen LogP contribution is -2.09. The van der Waals surface area contributed by atoms with Crippen LogP contribution in [-0.2, 0) is 9.84 Å². The minimum Gasteiger partial charge on any atom is -0.224 e. The molecule has 0 atom stereocenters. The molecule has 0 aromatic heterocycles. The molecule has 0 heterocycles. The van der Waals surface area contributed by atoms with Crippen LogP contribution in [0.2, 0.25) is 0 Å². The number of hydrogen-bond donors (Lipinski definition) is 0. The summed E-state index contributed by atoms with van der Waals surface area (Å²) in [5, 5.41) is 1.08. The second-order valence-electron chi connectivity index (χ2n) is 5.75. The quantitative estimate of drug-likeness (QED) is 0.416. The molecule has 0 bridgehead atoms.